The van der Waals surface area contributed by atoms with E-state index in [1.807, 2.05) is 0 Å². The molecule has 0 fully saturated rings. The number of aromatic nitrogens is 2. The summed E-state index contributed by atoms with van der Waals surface area (Å²) in [7, 11) is 1.69. The summed E-state index contributed by atoms with van der Waals surface area (Å²) in [4.78, 5) is 9.98. The van der Waals surface area contributed by atoms with Gasteiger partial charge >= 0.3 is 5.69 Å². The number of aliphatic hydroxyl groups is 1. The minimum atomic E-state index is -0.617. The molecule has 0 spiro atoms. The van der Waals surface area contributed by atoms with Crippen molar-refractivity contribution < 1.29 is 14.8 Å². The van der Waals surface area contributed by atoms with E-state index in [-0.39, 0.29) is 12.2 Å². The summed E-state index contributed by atoms with van der Waals surface area (Å²) in [6.07, 6.45) is 5.03. The van der Waals surface area contributed by atoms with Crippen LogP contribution in [-0.2, 0) is 11.3 Å². The minimum absolute atomic E-state index is 0.0664. The van der Waals surface area contributed by atoms with Gasteiger partial charge in [-0.15, -0.1) is 0 Å². The van der Waals surface area contributed by atoms with E-state index in [9.17, 15) is 15.2 Å². The lowest BCUT2D eigenvalue weighted by Crippen LogP contribution is -2.31. The molecule has 8 nitrogen and oxygen atoms in total. The molecule has 0 saturated carbocycles. The Labute approximate surface area is 117 Å². The Morgan fingerprint density at radius 3 is 3.00 bits per heavy atom. The molecule has 8 heteroatoms. The van der Waals surface area contributed by atoms with Gasteiger partial charge in [0.15, 0.2) is 0 Å². The molecule has 0 aliphatic carbocycles. The van der Waals surface area contributed by atoms with E-state index in [1.54, 1.807) is 7.11 Å². The average molecular weight is 286 g/mol. The van der Waals surface area contributed by atoms with E-state index in [4.69, 9.17) is 4.74 Å². The van der Waals surface area contributed by atoms with Crippen LogP contribution in [0.2, 0.25) is 0 Å². The summed E-state index contributed by atoms with van der Waals surface area (Å²) < 4.78 is 6.33. The fourth-order valence-electron chi connectivity index (χ4n) is 1.77. The van der Waals surface area contributed by atoms with E-state index in [2.05, 4.69) is 10.4 Å². The van der Waals surface area contributed by atoms with Gasteiger partial charge in [0, 0.05) is 20.3 Å². The van der Waals surface area contributed by atoms with Gasteiger partial charge in [0.2, 0.25) is 0 Å². The summed E-state index contributed by atoms with van der Waals surface area (Å²) in [6.45, 7) is 2.29. The van der Waals surface area contributed by atoms with E-state index in [0.29, 0.717) is 6.54 Å². The van der Waals surface area contributed by atoms with Crippen LogP contribution in [0.15, 0.2) is 12.4 Å². The van der Waals surface area contributed by atoms with Gasteiger partial charge in [-0.2, -0.15) is 5.10 Å². The molecule has 0 aliphatic heterocycles. The largest absolute Gasteiger partial charge is 0.390 e. The summed E-state index contributed by atoms with van der Waals surface area (Å²) in [6, 6.07) is 0. The highest BCUT2D eigenvalue weighted by molar-refractivity contribution is 5.20. The fourth-order valence-corrected chi connectivity index (χ4v) is 1.77. The number of ether oxygens (including phenoxy) is 1. The van der Waals surface area contributed by atoms with Gasteiger partial charge in [-0.05, 0) is 25.8 Å². The van der Waals surface area contributed by atoms with Gasteiger partial charge in [-0.1, -0.05) is 0 Å². The standard InChI is InChI=1S/C12H22N4O4/c1-20-6-4-2-3-5-13-8-12(17)10-15-9-11(7-14-15)16(18)19/h7,9,12-13,17H,2-6,8,10H2,1H3. The molecule has 1 rings (SSSR count). The maximum atomic E-state index is 10.5. The van der Waals surface area contributed by atoms with Crippen LogP contribution in [-0.4, -0.2) is 52.7 Å². The molecule has 1 aromatic rings. The van der Waals surface area contributed by atoms with E-state index >= 15 is 0 Å². The van der Waals surface area contributed by atoms with Crippen molar-refractivity contribution in [3.05, 3.63) is 22.5 Å². The van der Waals surface area contributed by atoms with E-state index in [1.165, 1.54) is 17.1 Å². The number of nitrogens with zero attached hydrogens (tertiary/aromatic N) is 3. The molecule has 0 saturated heterocycles. The molecule has 0 bridgehead atoms. The molecule has 114 valence electrons. The molecular weight excluding hydrogens is 264 g/mol. The molecule has 0 aromatic carbocycles. The Bertz CT molecular complexity index is 397. The van der Waals surface area contributed by atoms with Crippen molar-refractivity contribution >= 4 is 5.69 Å². The molecule has 1 aromatic heterocycles. The lowest BCUT2D eigenvalue weighted by Gasteiger charge is -2.11. The van der Waals surface area contributed by atoms with E-state index < -0.39 is 11.0 Å². The van der Waals surface area contributed by atoms with Crippen LogP contribution in [0.3, 0.4) is 0 Å². The monoisotopic (exact) mass is 286 g/mol. The van der Waals surface area contributed by atoms with Gasteiger partial charge in [0.05, 0.1) is 17.6 Å². The number of methoxy groups -OCH3 is 1. The van der Waals surface area contributed by atoms with Crippen LogP contribution in [0, 0.1) is 10.1 Å². The van der Waals surface area contributed by atoms with Gasteiger partial charge in [-0.25, -0.2) is 0 Å². The normalized spacial score (nSPS) is 12.5. The summed E-state index contributed by atoms with van der Waals surface area (Å²) in [5.74, 6) is 0. The topological polar surface area (TPSA) is 102 Å². The second-order valence-corrected chi connectivity index (χ2v) is 4.59. The zero-order valence-corrected chi connectivity index (χ0v) is 11.7. The summed E-state index contributed by atoms with van der Waals surface area (Å²) in [5, 5.41) is 27.2. The molecule has 0 aliphatic rings. The zero-order valence-electron chi connectivity index (χ0n) is 11.7. The van der Waals surface area contributed by atoms with Crippen molar-refractivity contribution in [2.75, 3.05) is 26.8 Å². The maximum Gasteiger partial charge on any atom is 0.306 e. The first-order valence-corrected chi connectivity index (χ1v) is 6.68. The highest BCUT2D eigenvalue weighted by Gasteiger charge is 2.11. The van der Waals surface area contributed by atoms with Crippen molar-refractivity contribution in [1.82, 2.24) is 15.1 Å². The second-order valence-electron chi connectivity index (χ2n) is 4.59. The highest BCUT2D eigenvalue weighted by atomic mass is 16.6. The van der Waals surface area contributed by atoms with E-state index in [0.717, 1.165) is 32.4 Å². The highest BCUT2D eigenvalue weighted by Crippen LogP contribution is 2.07. The number of hydrogen-bond donors (Lipinski definition) is 2. The predicted molar refractivity (Wildman–Crippen MR) is 73.5 cm³/mol. The first-order valence-electron chi connectivity index (χ1n) is 6.68. The molecule has 0 amide bonds. The van der Waals surface area contributed by atoms with Crippen molar-refractivity contribution in [2.24, 2.45) is 0 Å². The van der Waals surface area contributed by atoms with Gasteiger partial charge in [0.25, 0.3) is 0 Å². The molecule has 1 unspecified atom stereocenters. The number of hydrogen-bond acceptors (Lipinski definition) is 6. The number of nitrogens with one attached hydrogen (secondary N) is 1. The Kier molecular flexibility index (Phi) is 7.78. The molecule has 20 heavy (non-hydrogen) atoms. The first-order chi connectivity index (χ1) is 9.63. The maximum absolute atomic E-state index is 10.5. The Morgan fingerprint density at radius 1 is 1.55 bits per heavy atom. The van der Waals surface area contributed by atoms with Gasteiger partial charge in [0.1, 0.15) is 12.4 Å². The zero-order chi connectivity index (χ0) is 14.8. The van der Waals surface area contributed by atoms with Crippen molar-refractivity contribution in [3.63, 3.8) is 0 Å². The third-order valence-electron chi connectivity index (χ3n) is 2.81. The predicted octanol–water partition coefficient (Wildman–Crippen LogP) is 0.558. The van der Waals surface area contributed by atoms with Crippen molar-refractivity contribution in [3.8, 4) is 0 Å². The van der Waals surface area contributed by atoms with Crippen LogP contribution in [0.4, 0.5) is 5.69 Å². The Morgan fingerprint density at radius 2 is 2.35 bits per heavy atom. The number of aliphatic hydroxyl groups excluding tert-OH is 1. The van der Waals surface area contributed by atoms with Crippen LogP contribution in [0.5, 0.6) is 0 Å². The fraction of sp³-hybridized carbons (Fsp3) is 0.750. The van der Waals surface area contributed by atoms with Gasteiger partial charge in [-0.3, -0.25) is 14.8 Å². The Balaban J connectivity index is 2.10. The van der Waals surface area contributed by atoms with Crippen LogP contribution < -0.4 is 5.32 Å². The molecule has 1 heterocycles. The number of nitro groups is 1. The quantitative estimate of drug-likeness (QED) is 0.350. The third kappa shape index (κ3) is 6.60. The Hall–Kier alpha value is -1.51. The van der Waals surface area contributed by atoms with Crippen molar-refractivity contribution in [2.45, 2.75) is 31.9 Å². The second kappa shape index (κ2) is 9.40. The molecular formula is C12H22N4O4. The number of rotatable bonds is 11. The molecule has 0 radical (unpaired) electrons. The van der Waals surface area contributed by atoms with Crippen LogP contribution >= 0.6 is 0 Å². The third-order valence-corrected chi connectivity index (χ3v) is 2.81. The lowest BCUT2D eigenvalue weighted by molar-refractivity contribution is -0.385. The average Bonchev–Trinajstić information content (AvgIpc) is 2.86. The first kappa shape index (κ1) is 16.5. The van der Waals surface area contributed by atoms with Crippen LogP contribution in [0.1, 0.15) is 19.3 Å². The SMILES string of the molecule is COCCCCCNCC(O)Cn1cc([N+](=O)[O-])cn1. The number of unbranched alkanes of at least 4 members (excludes halogenated alkanes) is 2. The summed E-state index contributed by atoms with van der Waals surface area (Å²) >= 11 is 0. The molecule has 1 atom stereocenters. The molecule has 2 N–H and O–H groups in total. The lowest BCUT2D eigenvalue weighted by atomic mass is 10.2. The smallest absolute Gasteiger partial charge is 0.306 e. The minimum Gasteiger partial charge on any atom is -0.390 e. The van der Waals surface area contributed by atoms with Crippen LogP contribution in [0.25, 0.3) is 0 Å². The van der Waals surface area contributed by atoms with Crippen molar-refractivity contribution in [1.29, 1.82) is 0 Å². The van der Waals surface area contributed by atoms with Gasteiger partial charge < -0.3 is 15.2 Å². The summed E-state index contributed by atoms with van der Waals surface area (Å²) in [5.41, 5.74) is -0.0664.